The molecule has 0 saturated carbocycles. The molecule has 0 unspecified atom stereocenters. The van der Waals surface area contributed by atoms with Crippen molar-refractivity contribution in [2.75, 3.05) is 19.7 Å². The first-order valence-electron chi connectivity index (χ1n) is 8.69. The van der Waals surface area contributed by atoms with Gasteiger partial charge in [-0.05, 0) is 32.2 Å². The van der Waals surface area contributed by atoms with E-state index in [-0.39, 0.29) is 18.9 Å². The number of fused-ring (bicyclic) bond motifs is 1. The minimum atomic E-state index is -0.550. The normalized spacial score (nSPS) is 11.0. The summed E-state index contributed by atoms with van der Waals surface area (Å²) in [5.74, 6) is 0.645. The zero-order chi connectivity index (χ0) is 19.0. The van der Waals surface area contributed by atoms with Crippen molar-refractivity contribution in [3.05, 3.63) is 42.5 Å². The summed E-state index contributed by atoms with van der Waals surface area (Å²) in [6.45, 7) is 6.36. The van der Waals surface area contributed by atoms with Crippen LogP contribution in [0.2, 0.25) is 0 Å². The van der Waals surface area contributed by atoms with Crippen LogP contribution in [0.15, 0.2) is 42.5 Å². The van der Waals surface area contributed by atoms with Crippen LogP contribution in [0.3, 0.4) is 0 Å². The Labute approximate surface area is 153 Å². The Morgan fingerprint density at radius 2 is 1.69 bits per heavy atom. The van der Waals surface area contributed by atoms with Gasteiger partial charge in [-0.25, -0.2) is 4.79 Å². The van der Waals surface area contributed by atoms with Crippen LogP contribution in [-0.4, -0.2) is 37.3 Å². The Morgan fingerprint density at radius 1 is 0.962 bits per heavy atom. The molecule has 6 nitrogen and oxygen atoms in total. The quantitative estimate of drug-likeness (QED) is 0.745. The van der Waals surface area contributed by atoms with Crippen LogP contribution in [0.5, 0.6) is 5.75 Å². The lowest BCUT2D eigenvalue weighted by molar-refractivity contribution is -0.121. The zero-order valence-corrected chi connectivity index (χ0v) is 15.5. The highest BCUT2D eigenvalue weighted by Gasteiger charge is 2.15. The molecule has 0 aromatic heterocycles. The van der Waals surface area contributed by atoms with Gasteiger partial charge in [0.15, 0.2) is 0 Å². The first-order valence-corrected chi connectivity index (χ1v) is 8.69. The van der Waals surface area contributed by atoms with Gasteiger partial charge in [-0.3, -0.25) is 4.79 Å². The van der Waals surface area contributed by atoms with Crippen molar-refractivity contribution in [3.63, 3.8) is 0 Å². The fraction of sp³-hybridized carbons (Fsp3) is 0.400. The molecule has 2 amide bonds. The number of carbonyl (C=O) groups excluding carboxylic acids is 2. The van der Waals surface area contributed by atoms with Crippen molar-refractivity contribution in [2.24, 2.45) is 0 Å². The molecule has 0 saturated heterocycles. The second-order valence-corrected chi connectivity index (χ2v) is 6.85. The molecule has 0 atom stereocenters. The van der Waals surface area contributed by atoms with Crippen molar-refractivity contribution in [2.45, 2.75) is 32.8 Å². The standard InChI is InChI=1S/C20H26N2O4/c1-20(2,3)26-19(24)22-12-11-18(23)21-13-14-25-17-10-6-8-15-7-4-5-9-16(15)17/h4-10H,11-14H2,1-3H3,(H,21,23)(H,22,24). The number of hydrogen-bond donors (Lipinski definition) is 2. The van der Waals surface area contributed by atoms with Crippen molar-refractivity contribution >= 4 is 22.8 Å². The average Bonchev–Trinajstić information content (AvgIpc) is 2.57. The van der Waals surface area contributed by atoms with E-state index in [9.17, 15) is 9.59 Å². The topological polar surface area (TPSA) is 76.7 Å². The number of rotatable bonds is 7. The third-order valence-corrected chi connectivity index (χ3v) is 3.45. The second-order valence-electron chi connectivity index (χ2n) is 6.85. The Hall–Kier alpha value is -2.76. The number of amides is 2. The highest BCUT2D eigenvalue weighted by atomic mass is 16.6. The molecule has 26 heavy (non-hydrogen) atoms. The van der Waals surface area contributed by atoms with Gasteiger partial charge in [0.2, 0.25) is 5.91 Å². The molecular formula is C20H26N2O4. The van der Waals surface area contributed by atoms with E-state index >= 15 is 0 Å². The minimum absolute atomic E-state index is 0.150. The number of hydrogen-bond acceptors (Lipinski definition) is 4. The molecule has 0 aliphatic heterocycles. The summed E-state index contributed by atoms with van der Waals surface area (Å²) in [5, 5.41) is 7.48. The van der Waals surface area contributed by atoms with E-state index in [1.165, 1.54) is 0 Å². The van der Waals surface area contributed by atoms with E-state index in [0.29, 0.717) is 13.2 Å². The van der Waals surface area contributed by atoms with Gasteiger partial charge in [0.25, 0.3) is 0 Å². The van der Waals surface area contributed by atoms with E-state index in [0.717, 1.165) is 16.5 Å². The Morgan fingerprint density at radius 3 is 2.46 bits per heavy atom. The Kier molecular flexibility index (Phi) is 6.83. The van der Waals surface area contributed by atoms with Crippen molar-refractivity contribution in [1.82, 2.24) is 10.6 Å². The number of alkyl carbamates (subject to hydrolysis) is 1. The first-order chi connectivity index (χ1) is 12.3. The highest BCUT2D eigenvalue weighted by molar-refractivity contribution is 5.88. The molecule has 2 aromatic carbocycles. The van der Waals surface area contributed by atoms with Crippen LogP contribution in [0.1, 0.15) is 27.2 Å². The maximum Gasteiger partial charge on any atom is 0.407 e. The summed E-state index contributed by atoms with van der Waals surface area (Å²) in [4.78, 5) is 23.3. The lowest BCUT2D eigenvalue weighted by atomic mass is 10.1. The van der Waals surface area contributed by atoms with Gasteiger partial charge < -0.3 is 20.1 Å². The molecule has 0 heterocycles. The summed E-state index contributed by atoms with van der Waals surface area (Å²) in [6, 6.07) is 13.9. The van der Waals surface area contributed by atoms with E-state index in [2.05, 4.69) is 10.6 Å². The van der Waals surface area contributed by atoms with Gasteiger partial charge in [-0.1, -0.05) is 36.4 Å². The molecule has 0 fully saturated rings. The van der Waals surface area contributed by atoms with Crippen LogP contribution in [-0.2, 0) is 9.53 Å². The summed E-state index contributed by atoms with van der Waals surface area (Å²) in [6.07, 6.45) is -0.336. The smallest absolute Gasteiger partial charge is 0.407 e. The Bertz CT molecular complexity index is 748. The van der Waals surface area contributed by atoms with E-state index in [1.807, 2.05) is 42.5 Å². The molecule has 0 aliphatic rings. The first kappa shape index (κ1) is 19.6. The van der Waals surface area contributed by atoms with Crippen LogP contribution in [0, 0.1) is 0 Å². The van der Waals surface area contributed by atoms with Crippen LogP contribution >= 0.6 is 0 Å². The summed E-state index contributed by atoms with van der Waals surface area (Å²) in [5.41, 5.74) is -0.550. The number of ether oxygens (including phenoxy) is 2. The third-order valence-electron chi connectivity index (χ3n) is 3.45. The fourth-order valence-corrected chi connectivity index (χ4v) is 2.35. The van der Waals surface area contributed by atoms with Gasteiger partial charge in [0.1, 0.15) is 18.0 Å². The number of carbonyl (C=O) groups is 2. The lowest BCUT2D eigenvalue weighted by Gasteiger charge is -2.19. The van der Waals surface area contributed by atoms with E-state index in [4.69, 9.17) is 9.47 Å². The van der Waals surface area contributed by atoms with Crippen LogP contribution in [0.4, 0.5) is 4.79 Å². The number of benzene rings is 2. The molecule has 0 spiro atoms. The minimum Gasteiger partial charge on any atom is -0.491 e. The molecule has 0 radical (unpaired) electrons. The molecule has 2 rings (SSSR count). The van der Waals surface area contributed by atoms with Gasteiger partial charge in [-0.2, -0.15) is 0 Å². The zero-order valence-electron chi connectivity index (χ0n) is 15.5. The van der Waals surface area contributed by atoms with E-state index in [1.54, 1.807) is 20.8 Å². The van der Waals surface area contributed by atoms with E-state index < -0.39 is 11.7 Å². The van der Waals surface area contributed by atoms with Gasteiger partial charge in [0, 0.05) is 18.4 Å². The van der Waals surface area contributed by atoms with Crippen LogP contribution < -0.4 is 15.4 Å². The highest BCUT2D eigenvalue weighted by Crippen LogP contribution is 2.24. The molecule has 0 aliphatic carbocycles. The fourth-order valence-electron chi connectivity index (χ4n) is 2.35. The monoisotopic (exact) mass is 358 g/mol. The van der Waals surface area contributed by atoms with Crippen LogP contribution in [0.25, 0.3) is 10.8 Å². The van der Waals surface area contributed by atoms with Crippen molar-refractivity contribution in [1.29, 1.82) is 0 Å². The van der Waals surface area contributed by atoms with Crippen molar-refractivity contribution in [3.8, 4) is 5.75 Å². The van der Waals surface area contributed by atoms with Gasteiger partial charge in [0.05, 0.1) is 6.54 Å². The van der Waals surface area contributed by atoms with Gasteiger partial charge >= 0.3 is 6.09 Å². The third kappa shape index (κ3) is 6.63. The molecule has 2 aromatic rings. The average molecular weight is 358 g/mol. The predicted octanol–water partition coefficient (Wildman–Crippen LogP) is 3.25. The molecule has 140 valence electrons. The second kappa shape index (κ2) is 9.08. The maximum atomic E-state index is 11.8. The SMILES string of the molecule is CC(C)(C)OC(=O)NCCC(=O)NCCOc1cccc2ccccc12. The maximum absolute atomic E-state index is 11.8. The summed E-state index contributed by atoms with van der Waals surface area (Å²) in [7, 11) is 0. The molecular weight excluding hydrogens is 332 g/mol. The number of nitrogens with one attached hydrogen (secondary N) is 2. The molecule has 2 N–H and O–H groups in total. The van der Waals surface area contributed by atoms with Crippen molar-refractivity contribution < 1.29 is 19.1 Å². The predicted molar refractivity (Wildman–Crippen MR) is 101 cm³/mol. The molecule has 6 heteroatoms. The summed E-state index contributed by atoms with van der Waals surface area (Å²) >= 11 is 0. The van der Waals surface area contributed by atoms with Gasteiger partial charge in [-0.15, -0.1) is 0 Å². The Balaban J connectivity index is 1.65. The summed E-state index contributed by atoms with van der Waals surface area (Å²) < 4.78 is 10.9. The lowest BCUT2D eigenvalue weighted by Crippen LogP contribution is -2.35. The largest absolute Gasteiger partial charge is 0.491 e. The molecule has 0 bridgehead atoms.